The topological polar surface area (TPSA) is 29.5 Å². The lowest BCUT2D eigenvalue weighted by Crippen LogP contribution is -2.25. The maximum atomic E-state index is 13.9. The van der Waals surface area contributed by atoms with Crippen LogP contribution in [0.15, 0.2) is 36.4 Å². The van der Waals surface area contributed by atoms with E-state index in [9.17, 15) is 18.3 Å². The van der Waals surface area contributed by atoms with Crippen molar-refractivity contribution in [2.75, 3.05) is 7.11 Å². The number of halogens is 3. The number of hydrogen-bond acceptors (Lipinski definition) is 2. The fourth-order valence-electron chi connectivity index (χ4n) is 2.09. The van der Waals surface area contributed by atoms with Gasteiger partial charge in [-0.25, -0.2) is 13.2 Å². The van der Waals surface area contributed by atoms with Crippen molar-refractivity contribution in [2.24, 2.45) is 0 Å². The smallest absolute Gasteiger partial charge is 0.194 e. The summed E-state index contributed by atoms with van der Waals surface area (Å²) in [6.45, 7) is 1.29. The zero-order valence-electron chi connectivity index (χ0n) is 11.0. The van der Waals surface area contributed by atoms with Gasteiger partial charge in [-0.3, -0.25) is 0 Å². The van der Waals surface area contributed by atoms with E-state index in [2.05, 4.69) is 0 Å². The van der Waals surface area contributed by atoms with Crippen molar-refractivity contribution in [3.8, 4) is 5.75 Å². The summed E-state index contributed by atoms with van der Waals surface area (Å²) >= 11 is 0. The van der Waals surface area contributed by atoms with Gasteiger partial charge in [0.2, 0.25) is 0 Å². The normalized spacial score (nSPS) is 13.9. The van der Waals surface area contributed by atoms with Crippen LogP contribution in [-0.4, -0.2) is 12.2 Å². The van der Waals surface area contributed by atoms with Gasteiger partial charge in [-0.15, -0.1) is 0 Å². The van der Waals surface area contributed by atoms with E-state index in [1.54, 1.807) is 18.2 Å². The summed E-state index contributed by atoms with van der Waals surface area (Å²) in [5.74, 6) is -4.01. The zero-order valence-corrected chi connectivity index (χ0v) is 11.0. The highest BCUT2D eigenvalue weighted by molar-refractivity contribution is 5.44. The molecule has 0 radical (unpaired) electrons. The SMILES string of the molecule is COc1ccccc1C(C)(O)c1ccc(F)c(F)c1F. The van der Waals surface area contributed by atoms with Gasteiger partial charge in [-0.05, 0) is 25.1 Å². The summed E-state index contributed by atoms with van der Waals surface area (Å²) in [5.41, 5.74) is -1.96. The van der Waals surface area contributed by atoms with Gasteiger partial charge in [0.15, 0.2) is 17.5 Å². The molecule has 2 aromatic rings. The molecule has 1 unspecified atom stereocenters. The lowest BCUT2D eigenvalue weighted by atomic mass is 9.87. The molecule has 0 saturated heterocycles. The van der Waals surface area contributed by atoms with Gasteiger partial charge >= 0.3 is 0 Å². The fourth-order valence-corrected chi connectivity index (χ4v) is 2.09. The standard InChI is InChI=1S/C15H13F3O2/c1-15(19,9-5-3-4-6-12(9)20-2)10-7-8-11(16)14(18)13(10)17/h3-8,19H,1-2H3. The van der Waals surface area contributed by atoms with Gasteiger partial charge in [0.1, 0.15) is 11.4 Å². The third-order valence-corrected chi connectivity index (χ3v) is 3.19. The molecular weight excluding hydrogens is 269 g/mol. The summed E-state index contributed by atoms with van der Waals surface area (Å²) in [6, 6.07) is 8.21. The van der Waals surface area contributed by atoms with Crippen LogP contribution in [0, 0.1) is 17.5 Å². The first-order valence-electron chi connectivity index (χ1n) is 5.89. The Hall–Kier alpha value is -2.01. The van der Waals surface area contributed by atoms with Crippen LogP contribution >= 0.6 is 0 Å². The third kappa shape index (κ3) is 2.25. The van der Waals surface area contributed by atoms with Crippen LogP contribution in [0.1, 0.15) is 18.1 Å². The summed E-state index contributed by atoms with van der Waals surface area (Å²) < 4.78 is 45.3. The second-order valence-corrected chi connectivity index (χ2v) is 4.50. The lowest BCUT2D eigenvalue weighted by Gasteiger charge is -2.26. The summed E-state index contributed by atoms with van der Waals surface area (Å²) in [4.78, 5) is 0. The second-order valence-electron chi connectivity index (χ2n) is 4.50. The molecule has 0 aliphatic heterocycles. The molecule has 106 valence electrons. The van der Waals surface area contributed by atoms with Crippen molar-refractivity contribution in [1.29, 1.82) is 0 Å². The highest BCUT2D eigenvalue weighted by Crippen LogP contribution is 2.37. The molecule has 0 amide bonds. The van der Waals surface area contributed by atoms with E-state index in [0.717, 1.165) is 12.1 Å². The maximum Gasteiger partial charge on any atom is 0.194 e. The van der Waals surface area contributed by atoms with Crippen LogP contribution in [-0.2, 0) is 5.60 Å². The third-order valence-electron chi connectivity index (χ3n) is 3.19. The molecule has 5 heteroatoms. The molecule has 1 N–H and O–H groups in total. The van der Waals surface area contributed by atoms with Gasteiger partial charge in [-0.2, -0.15) is 0 Å². The maximum absolute atomic E-state index is 13.9. The van der Waals surface area contributed by atoms with E-state index in [-0.39, 0.29) is 11.1 Å². The van der Waals surface area contributed by atoms with Crippen LogP contribution in [0.2, 0.25) is 0 Å². The van der Waals surface area contributed by atoms with E-state index in [1.165, 1.54) is 20.1 Å². The Morgan fingerprint density at radius 2 is 1.60 bits per heavy atom. The van der Waals surface area contributed by atoms with Crippen LogP contribution < -0.4 is 4.74 Å². The van der Waals surface area contributed by atoms with Gasteiger partial charge in [0, 0.05) is 11.1 Å². The van der Waals surface area contributed by atoms with Crippen molar-refractivity contribution in [3.63, 3.8) is 0 Å². The van der Waals surface area contributed by atoms with E-state index >= 15 is 0 Å². The molecule has 0 saturated carbocycles. The lowest BCUT2D eigenvalue weighted by molar-refractivity contribution is 0.0936. The largest absolute Gasteiger partial charge is 0.496 e. The predicted octanol–water partition coefficient (Wildman–Crippen LogP) is 3.37. The predicted molar refractivity (Wildman–Crippen MR) is 68.0 cm³/mol. The molecule has 0 aliphatic carbocycles. The van der Waals surface area contributed by atoms with Crippen molar-refractivity contribution in [2.45, 2.75) is 12.5 Å². The first kappa shape index (κ1) is 14.4. The molecule has 0 bridgehead atoms. The average Bonchev–Trinajstić information content (AvgIpc) is 2.44. The number of methoxy groups -OCH3 is 1. The molecule has 2 rings (SSSR count). The van der Waals surface area contributed by atoms with E-state index in [1.807, 2.05) is 0 Å². The molecule has 2 nitrogen and oxygen atoms in total. The molecular formula is C15H13F3O2. The highest BCUT2D eigenvalue weighted by atomic mass is 19.2. The van der Waals surface area contributed by atoms with Crippen molar-refractivity contribution >= 4 is 0 Å². The Morgan fingerprint density at radius 1 is 0.950 bits per heavy atom. The summed E-state index contributed by atoms with van der Waals surface area (Å²) in [5, 5.41) is 10.6. The van der Waals surface area contributed by atoms with Crippen molar-refractivity contribution < 1.29 is 23.0 Å². The number of ether oxygens (including phenoxy) is 1. The summed E-state index contributed by atoms with van der Waals surface area (Å²) in [7, 11) is 1.40. The Kier molecular flexibility index (Phi) is 3.72. The van der Waals surface area contributed by atoms with E-state index in [0.29, 0.717) is 5.75 Å². The minimum Gasteiger partial charge on any atom is -0.496 e. The first-order chi connectivity index (χ1) is 9.39. The molecule has 0 fully saturated rings. The Bertz CT molecular complexity index is 639. The molecule has 0 heterocycles. The number of hydrogen-bond donors (Lipinski definition) is 1. The Morgan fingerprint density at radius 3 is 2.25 bits per heavy atom. The molecule has 0 aromatic heterocycles. The number of aliphatic hydroxyl groups is 1. The van der Waals surface area contributed by atoms with E-state index < -0.39 is 23.1 Å². The first-order valence-corrected chi connectivity index (χ1v) is 5.89. The van der Waals surface area contributed by atoms with Crippen LogP contribution in [0.25, 0.3) is 0 Å². The quantitative estimate of drug-likeness (QED) is 0.875. The second kappa shape index (κ2) is 5.17. The van der Waals surface area contributed by atoms with Gasteiger partial charge in [-0.1, -0.05) is 18.2 Å². The Balaban J connectivity index is 2.64. The molecule has 2 aromatic carbocycles. The number of rotatable bonds is 3. The average molecular weight is 282 g/mol. The molecule has 0 spiro atoms. The van der Waals surface area contributed by atoms with Crippen molar-refractivity contribution in [1.82, 2.24) is 0 Å². The van der Waals surface area contributed by atoms with Crippen molar-refractivity contribution in [3.05, 3.63) is 65.0 Å². The van der Waals surface area contributed by atoms with Gasteiger partial charge in [0.05, 0.1) is 7.11 Å². The van der Waals surface area contributed by atoms with Crippen LogP contribution in [0.5, 0.6) is 5.75 Å². The molecule has 1 atom stereocenters. The highest BCUT2D eigenvalue weighted by Gasteiger charge is 2.33. The molecule has 20 heavy (non-hydrogen) atoms. The number of benzene rings is 2. The minimum absolute atomic E-state index is 0.257. The zero-order chi connectivity index (χ0) is 14.9. The van der Waals surface area contributed by atoms with Crippen LogP contribution in [0.3, 0.4) is 0 Å². The van der Waals surface area contributed by atoms with Crippen LogP contribution in [0.4, 0.5) is 13.2 Å². The molecule has 0 aliphatic rings. The summed E-state index contributed by atoms with van der Waals surface area (Å²) in [6.07, 6.45) is 0. The monoisotopic (exact) mass is 282 g/mol. The number of para-hydroxylation sites is 1. The fraction of sp³-hybridized carbons (Fsp3) is 0.200. The Labute approximate surface area is 114 Å². The van der Waals surface area contributed by atoms with E-state index in [4.69, 9.17) is 4.74 Å². The van der Waals surface area contributed by atoms with Gasteiger partial charge < -0.3 is 9.84 Å². The minimum atomic E-state index is -1.86. The van der Waals surface area contributed by atoms with Gasteiger partial charge in [0.25, 0.3) is 0 Å².